The van der Waals surface area contributed by atoms with Crippen molar-refractivity contribution in [3.8, 4) is 5.75 Å². The Kier molecular flexibility index (Phi) is 5.66. The van der Waals surface area contributed by atoms with Crippen molar-refractivity contribution in [2.75, 3.05) is 6.61 Å². The molecule has 0 saturated carbocycles. The van der Waals surface area contributed by atoms with Gasteiger partial charge in [-0.05, 0) is 37.1 Å². The molecule has 2 rings (SSSR count). The lowest BCUT2D eigenvalue weighted by Gasteiger charge is -2.32. The van der Waals surface area contributed by atoms with Gasteiger partial charge in [-0.3, -0.25) is 4.79 Å². The van der Waals surface area contributed by atoms with Crippen LogP contribution < -0.4 is 4.74 Å². The van der Waals surface area contributed by atoms with Crippen molar-refractivity contribution in [2.24, 2.45) is 5.10 Å². The first-order chi connectivity index (χ1) is 11.7. The molecule has 0 radical (unpaired) electrons. The number of carbonyl (C=O) groups is 1. The number of amides is 1. The Balaban J connectivity index is 2.12. The van der Waals surface area contributed by atoms with Crippen molar-refractivity contribution in [1.82, 2.24) is 5.01 Å². The maximum atomic E-state index is 13.3. The Labute approximate surface area is 141 Å². The third-order valence-corrected chi connectivity index (χ3v) is 3.73. The van der Waals surface area contributed by atoms with E-state index in [1.807, 2.05) is 6.92 Å². The third-order valence-electron chi connectivity index (χ3n) is 3.73. The number of nitrogens with zero attached hydrogens (tertiary/aromatic N) is 2. The molecule has 1 aromatic carbocycles. The molecule has 0 spiro atoms. The van der Waals surface area contributed by atoms with Gasteiger partial charge in [-0.2, -0.15) is 23.3 Å². The van der Waals surface area contributed by atoms with Crippen molar-refractivity contribution in [3.63, 3.8) is 0 Å². The number of hydrogen-bond donors (Lipinski definition) is 1. The fourth-order valence-electron chi connectivity index (χ4n) is 2.36. The Hall–Kier alpha value is -2.16. The van der Waals surface area contributed by atoms with Crippen molar-refractivity contribution in [3.05, 3.63) is 30.1 Å². The first-order valence-corrected chi connectivity index (χ1v) is 7.74. The molecule has 1 aliphatic heterocycles. The summed E-state index contributed by atoms with van der Waals surface area (Å²) >= 11 is 0. The molecule has 1 heterocycles. The quantitative estimate of drug-likeness (QED) is 0.791. The summed E-state index contributed by atoms with van der Waals surface area (Å²) in [6.07, 6.45) is -4.24. The van der Waals surface area contributed by atoms with Crippen LogP contribution >= 0.6 is 0 Å². The second-order valence-corrected chi connectivity index (χ2v) is 5.71. The first-order valence-electron chi connectivity index (χ1n) is 7.74. The van der Waals surface area contributed by atoms with E-state index in [0.717, 1.165) is 18.6 Å². The summed E-state index contributed by atoms with van der Waals surface area (Å²) in [6, 6.07) is 4.64. The van der Waals surface area contributed by atoms with E-state index in [4.69, 9.17) is 4.74 Å². The smallest absolute Gasteiger partial charge is 0.438 e. The highest BCUT2D eigenvalue weighted by atomic mass is 19.4. The number of benzene rings is 1. The lowest BCUT2D eigenvalue weighted by molar-refractivity contribution is -0.302. The van der Waals surface area contributed by atoms with E-state index < -0.39 is 36.7 Å². The van der Waals surface area contributed by atoms with Gasteiger partial charge in [0.1, 0.15) is 11.6 Å². The number of aliphatic hydroxyl groups is 1. The zero-order chi connectivity index (χ0) is 18.7. The number of alkyl halides is 3. The van der Waals surface area contributed by atoms with Crippen LogP contribution in [-0.4, -0.2) is 40.2 Å². The molecule has 1 N–H and O–H groups in total. The van der Waals surface area contributed by atoms with E-state index in [1.54, 1.807) is 0 Å². The van der Waals surface area contributed by atoms with Crippen LogP contribution in [0.5, 0.6) is 5.75 Å². The molecule has 1 aliphatic rings. The molecular weight excluding hydrogens is 344 g/mol. The van der Waals surface area contributed by atoms with Gasteiger partial charge in [-0.1, -0.05) is 13.3 Å². The van der Waals surface area contributed by atoms with Crippen LogP contribution in [0.1, 0.15) is 32.6 Å². The molecule has 1 amide bonds. The van der Waals surface area contributed by atoms with Crippen LogP contribution in [0.15, 0.2) is 29.4 Å². The molecule has 138 valence electrons. The molecule has 0 fully saturated rings. The average molecular weight is 362 g/mol. The summed E-state index contributed by atoms with van der Waals surface area (Å²) in [5.74, 6) is -1.55. The molecule has 0 unspecified atom stereocenters. The minimum Gasteiger partial charge on any atom is -0.484 e. The van der Waals surface area contributed by atoms with E-state index >= 15 is 0 Å². The fourth-order valence-corrected chi connectivity index (χ4v) is 2.36. The first kappa shape index (κ1) is 19.2. The summed E-state index contributed by atoms with van der Waals surface area (Å²) in [5.41, 5.74) is -3.27. The minimum atomic E-state index is -5.06. The summed E-state index contributed by atoms with van der Waals surface area (Å²) < 4.78 is 57.6. The van der Waals surface area contributed by atoms with E-state index in [2.05, 4.69) is 5.10 Å². The number of hydrazone groups is 1. The van der Waals surface area contributed by atoms with Crippen LogP contribution in [0, 0.1) is 5.82 Å². The largest absolute Gasteiger partial charge is 0.484 e. The van der Waals surface area contributed by atoms with Crippen LogP contribution in [0.3, 0.4) is 0 Å². The Morgan fingerprint density at radius 2 is 2.00 bits per heavy atom. The molecule has 0 aromatic heterocycles. The SMILES string of the molecule is CCCCC1=NN(C(=O)COc2ccc(F)cc2)[C@](O)(C(F)(F)F)C1. The van der Waals surface area contributed by atoms with Gasteiger partial charge in [-0.15, -0.1) is 0 Å². The maximum Gasteiger partial charge on any atom is 0.438 e. The summed E-state index contributed by atoms with van der Waals surface area (Å²) in [6.45, 7) is 1.10. The zero-order valence-corrected chi connectivity index (χ0v) is 13.5. The van der Waals surface area contributed by atoms with Gasteiger partial charge < -0.3 is 9.84 Å². The molecule has 25 heavy (non-hydrogen) atoms. The second-order valence-electron chi connectivity index (χ2n) is 5.71. The molecule has 0 saturated heterocycles. The number of halogens is 4. The molecule has 0 aliphatic carbocycles. The Bertz CT molecular complexity index is 646. The van der Waals surface area contributed by atoms with Gasteiger partial charge in [0.2, 0.25) is 0 Å². The highest BCUT2D eigenvalue weighted by Crippen LogP contribution is 2.41. The number of unbranched alkanes of at least 4 members (excludes halogenated alkanes) is 1. The van der Waals surface area contributed by atoms with Gasteiger partial charge in [-0.25, -0.2) is 4.39 Å². The number of rotatable bonds is 6. The second kappa shape index (κ2) is 7.38. The van der Waals surface area contributed by atoms with Crippen LogP contribution in [0.25, 0.3) is 0 Å². The van der Waals surface area contributed by atoms with Gasteiger partial charge >= 0.3 is 6.18 Å². The number of carbonyl (C=O) groups excluding carboxylic acids is 1. The van der Waals surface area contributed by atoms with Crippen LogP contribution in [0.4, 0.5) is 17.6 Å². The van der Waals surface area contributed by atoms with Crippen molar-refractivity contribution < 1.29 is 32.2 Å². The number of hydrogen-bond acceptors (Lipinski definition) is 4. The van der Waals surface area contributed by atoms with Gasteiger partial charge in [0, 0.05) is 12.1 Å². The molecule has 1 aromatic rings. The highest BCUT2D eigenvalue weighted by molar-refractivity contribution is 5.91. The minimum absolute atomic E-state index is 0.0432. The Morgan fingerprint density at radius 1 is 1.36 bits per heavy atom. The topological polar surface area (TPSA) is 62.1 Å². The van der Waals surface area contributed by atoms with Gasteiger partial charge in [0.05, 0.1) is 0 Å². The normalized spacial score (nSPS) is 20.6. The molecule has 9 heteroatoms. The summed E-state index contributed by atoms with van der Waals surface area (Å²) in [5, 5.41) is 13.7. The van der Waals surface area contributed by atoms with E-state index in [0.29, 0.717) is 6.42 Å². The predicted molar refractivity (Wildman–Crippen MR) is 81.3 cm³/mol. The summed E-state index contributed by atoms with van der Waals surface area (Å²) in [7, 11) is 0. The summed E-state index contributed by atoms with van der Waals surface area (Å²) in [4.78, 5) is 12.1. The van der Waals surface area contributed by atoms with Crippen molar-refractivity contribution in [2.45, 2.75) is 44.5 Å². The van der Waals surface area contributed by atoms with Crippen molar-refractivity contribution in [1.29, 1.82) is 0 Å². The van der Waals surface area contributed by atoms with E-state index in [9.17, 15) is 27.5 Å². The van der Waals surface area contributed by atoms with Crippen LogP contribution in [0.2, 0.25) is 0 Å². The molecule has 1 atom stereocenters. The molecular formula is C16H18F4N2O3. The zero-order valence-electron chi connectivity index (χ0n) is 13.5. The van der Waals surface area contributed by atoms with E-state index in [1.165, 1.54) is 12.1 Å². The average Bonchev–Trinajstić information content (AvgIpc) is 2.90. The molecule has 0 bridgehead atoms. The highest BCUT2D eigenvalue weighted by Gasteiger charge is 2.63. The van der Waals surface area contributed by atoms with Gasteiger partial charge in [0.25, 0.3) is 11.6 Å². The fraction of sp³-hybridized carbons (Fsp3) is 0.500. The predicted octanol–water partition coefficient (Wildman–Crippen LogP) is 3.23. The lowest BCUT2D eigenvalue weighted by atomic mass is 10.0. The molecule has 5 nitrogen and oxygen atoms in total. The monoisotopic (exact) mass is 362 g/mol. The van der Waals surface area contributed by atoms with Crippen molar-refractivity contribution >= 4 is 11.6 Å². The third kappa shape index (κ3) is 4.28. The van der Waals surface area contributed by atoms with Gasteiger partial charge in [0.15, 0.2) is 6.61 Å². The van der Waals surface area contributed by atoms with E-state index in [-0.39, 0.29) is 22.9 Å². The lowest BCUT2D eigenvalue weighted by Crippen LogP contribution is -2.57. The number of ether oxygens (including phenoxy) is 1. The van der Waals surface area contributed by atoms with Crippen LogP contribution in [-0.2, 0) is 4.79 Å². The Morgan fingerprint density at radius 3 is 2.56 bits per heavy atom. The maximum absolute atomic E-state index is 13.3. The standard InChI is InChI=1S/C16H18F4N2O3/c1-2-3-4-12-9-15(24,16(18,19)20)22(21-12)14(23)10-25-13-7-5-11(17)6-8-13/h5-8,24H,2-4,9-10H2,1H3/t15-/m1/s1.